The van der Waals surface area contributed by atoms with Crippen LogP contribution in [-0.2, 0) is 0 Å². The van der Waals surface area contributed by atoms with E-state index in [1.165, 1.54) is 110 Å². The van der Waals surface area contributed by atoms with Crippen molar-refractivity contribution in [3.8, 4) is 0 Å². The van der Waals surface area contributed by atoms with Crippen LogP contribution in [0.4, 0.5) is 0 Å². The molecule has 3 heteroatoms. The monoisotopic (exact) mass is 325 g/mol. The van der Waals surface area contributed by atoms with Gasteiger partial charge in [-0.3, -0.25) is 0 Å². The summed E-state index contributed by atoms with van der Waals surface area (Å²) in [4.78, 5) is 7.97. The smallest absolute Gasteiger partial charge is 0.0109 e. The van der Waals surface area contributed by atoms with E-state index >= 15 is 0 Å². The Bertz CT molecular complexity index is 257. The predicted molar refractivity (Wildman–Crippen MR) is 103 cm³/mol. The number of nitrogens with zero attached hydrogens (tertiary/aromatic N) is 3. The highest BCUT2D eigenvalue weighted by Crippen LogP contribution is 2.08. The minimum Gasteiger partial charge on any atom is -0.305 e. The van der Waals surface area contributed by atoms with Crippen LogP contribution < -0.4 is 0 Å². The van der Waals surface area contributed by atoms with Gasteiger partial charge in [0.05, 0.1) is 0 Å². The molecule has 0 unspecified atom stereocenters. The fourth-order valence-corrected chi connectivity index (χ4v) is 3.45. The summed E-state index contributed by atoms with van der Waals surface area (Å²) in [7, 11) is 2.29. The van der Waals surface area contributed by atoms with Crippen LogP contribution in [0, 0.1) is 0 Å². The zero-order valence-corrected chi connectivity index (χ0v) is 16.4. The molecule has 0 atom stereocenters. The van der Waals surface area contributed by atoms with Crippen molar-refractivity contribution in [3.05, 3.63) is 0 Å². The second-order valence-electron chi connectivity index (χ2n) is 7.46. The molecule has 1 aliphatic rings. The maximum Gasteiger partial charge on any atom is 0.0109 e. The van der Waals surface area contributed by atoms with E-state index in [1.807, 2.05) is 0 Å². The molecular formula is C20H43N3. The Hall–Kier alpha value is -0.120. The van der Waals surface area contributed by atoms with Gasteiger partial charge in [0.15, 0.2) is 0 Å². The second-order valence-corrected chi connectivity index (χ2v) is 7.46. The van der Waals surface area contributed by atoms with Crippen LogP contribution in [0.3, 0.4) is 0 Å². The molecule has 1 aliphatic heterocycles. The van der Waals surface area contributed by atoms with Crippen LogP contribution in [0.15, 0.2) is 0 Å². The maximum atomic E-state index is 2.73. The standard InChI is InChI=1S/C20H43N3/c1-4-6-13-21(3)19-20-23-16-11-9-8-10-15-22(14-7-5-2)17-12-18-23/h4-20H2,1-3H3. The highest BCUT2D eigenvalue weighted by atomic mass is 15.2. The molecule has 0 N–H and O–H groups in total. The average molecular weight is 326 g/mol. The molecule has 1 heterocycles. The first-order valence-electron chi connectivity index (χ1n) is 10.4. The van der Waals surface area contributed by atoms with Crippen LogP contribution in [0.5, 0.6) is 0 Å². The van der Waals surface area contributed by atoms with Gasteiger partial charge in [0.1, 0.15) is 0 Å². The number of hydrogen-bond donors (Lipinski definition) is 0. The first kappa shape index (κ1) is 20.9. The summed E-state index contributed by atoms with van der Waals surface area (Å²) in [5.74, 6) is 0. The molecule has 0 aromatic heterocycles. The Balaban J connectivity index is 2.32. The number of rotatable bonds is 9. The largest absolute Gasteiger partial charge is 0.305 e. The molecule has 0 aliphatic carbocycles. The number of unbranched alkanes of at least 4 members (excludes halogenated alkanes) is 2. The summed E-state index contributed by atoms with van der Waals surface area (Å²) >= 11 is 0. The van der Waals surface area contributed by atoms with Crippen LogP contribution in [0.25, 0.3) is 0 Å². The lowest BCUT2D eigenvalue weighted by Gasteiger charge is -2.26. The molecule has 3 nitrogen and oxygen atoms in total. The Morgan fingerprint density at radius 2 is 1.22 bits per heavy atom. The fourth-order valence-electron chi connectivity index (χ4n) is 3.45. The van der Waals surface area contributed by atoms with Crippen molar-refractivity contribution < 1.29 is 0 Å². The van der Waals surface area contributed by atoms with Crippen molar-refractivity contribution in [2.24, 2.45) is 0 Å². The van der Waals surface area contributed by atoms with E-state index in [1.54, 1.807) is 0 Å². The maximum absolute atomic E-state index is 2.73. The number of hydrogen-bond acceptors (Lipinski definition) is 3. The van der Waals surface area contributed by atoms with Gasteiger partial charge in [-0.1, -0.05) is 39.5 Å². The summed E-state index contributed by atoms with van der Waals surface area (Å²) in [6.07, 6.45) is 12.3. The topological polar surface area (TPSA) is 9.72 Å². The van der Waals surface area contributed by atoms with Gasteiger partial charge in [-0.15, -0.1) is 0 Å². The summed E-state index contributed by atoms with van der Waals surface area (Å²) in [5.41, 5.74) is 0. The van der Waals surface area contributed by atoms with E-state index in [-0.39, 0.29) is 0 Å². The third kappa shape index (κ3) is 11.1. The normalized spacial score (nSPS) is 19.8. The SMILES string of the molecule is CCCCN(C)CCN1CCCCCCN(CCCC)CCC1. The van der Waals surface area contributed by atoms with Crippen molar-refractivity contribution >= 4 is 0 Å². The molecule has 0 aromatic carbocycles. The Morgan fingerprint density at radius 1 is 0.652 bits per heavy atom. The van der Waals surface area contributed by atoms with Crippen molar-refractivity contribution in [1.29, 1.82) is 0 Å². The van der Waals surface area contributed by atoms with E-state index in [0.29, 0.717) is 0 Å². The quantitative estimate of drug-likeness (QED) is 0.632. The molecule has 0 aromatic rings. The van der Waals surface area contributed by atoms with E-state index < -0.39 is 0 Å². The minimum atomic E-state index is 1.24. The molecule has 0 amide bonds. The van der Waals surface area contributed by atoms with Gasteiger partial charge in [0, 0.05) is 13.1 Å². The molecule has 1 rings (SSSR count). The summed E-state index contributed by atoms with van der Waals surface area (Å²) < 4.78 is 0. The van der Waals surface area contributed by atoms with Crippen molar-refractivity contribution in [3.63, 3.8) is 0 Å². The lowest BCUT2D eigenvalue weighted by molar-refractivity contribution is 0.204. The van der Waals surface area contributed by atoms with Gasteiger partial charge in [0.25, 0.3) is 0 Å². The van der Waals surface area contributed by atoms with Gasteiger partial charge in [-0.05, 0) is 78.4 Å². The molecule has 138 valence electrons. The molecule has 0 bridgehead atoms. The molecule has 0 radical (unpaired) electrons. The van der Waals surface area contributed by atoms with Crippen molar-refractivity contribution in [2.75, 3.05) is 59.4 Å². The Labute approximate surface area is 146 Å². The first-order valence-corrected chi connectivity index (χ1v) is 10.4. The zero-order valence-electron chi connectivity index (χ0n) is 16.4. The van der Waals surface area contributed by atoms with Crippen molar-refractivity contribution in [1.82, 2.24) is 14.7 Å². The van der Waals surface area contributed by atoms with E-state index in [0.717, 1.165) is 0 Å². The average Bonchev–Trinajstić information content (AvgIpc) is 2.61. The Kier molecular flexibility index (Phi) is 13.0. The Morgan fingerprint density at radius 3 is 1.83 bits per heavy atom. The molecule has 1 fully saturated rings. The van der Waals surface area contributed by atoms with Gasteiger partial charge >= 0.3 is 0 Å². The number of likely N-dealkylation sites (N-methyl/N-ethyl adjacent to an activating group) is 1. The molecule has 23 heavy (non-hydrogen) atoms. The molecule has 1 saturated heterocycles. The van der Waals surface area contributed by atoms with Gasteiger partial charge in [-0.25, -0.2) is 0 Å². The van der Waals surface area contributed by atoms with Crippen LogP contribution in [0.1, 0.15) is 71.6 Å². The molecule has 0 spiro atoms. The van der Waals surface area contributed by atoms with Gasteiger partial charge < -0.3 is 14.7 Å². The van der Waals surface area contributed by atoms with E-state index in [9.17, 15) is 0 Å². The van der Waals surface area contributed by atoms with Crippen LogP contribution in [0.2, 0.25) is 0 Å². The predicted octanol–water partition coefficient (Wildman–Crippen LogP) is 4.09. The summed E-state index contributed by atoms with van der Waals surface area (Å²) in [6.45, 7) is 14.9. The molecule has 0 saturated carbocycles. The van der Waals surface area contributed by atoms with Crippen LogP contribution in [-0.4, -0.2) is 74.1 Å². The van der Waals surface area contributed by atoms with E-state index in [2.05, 4.69) is 35.6 Å². The summed E-state index contributed by atoms with van der Waals surface area (Å²) in [6, 6.07) is 0. The highest BCUT2D eigenvalue weighted by Gasteiger charge is 2.10. The second kappa shape index (κ2) is 14.2. The third-order valence-corrected chi connectivity index (χ3v) is 5.17. The first-order chi connectivity index (χ1) is 11.3. The van der Waals surface area contributed by atoms with Gasteiger partial charge in [0.2, 0.25) is 0 Å². The summed E-state index contributed by atoms with van der Waals surface area (Å²) in [5, 5.41) is 0. The van der Waals surface area contributed by atoms with E-state index in [4.69, 9.17) is 0 Å². The zero-order chi connectivity index (χ0) is 16.8. The lowest BCUT2D eigenvalue weighted by atomic mass is 10.2. The van der Waals surface area contributed by atoms with Gasteiger partial charge in [-0.2, -0.15) is 0 Å². The lowest BCUT2D eigenvalue weighted by Crippen LogP contribution is -2.36. The molecular weight excluding hydrogens is 282 g/mol. The van der Waals surface area contributed by atoms with Crippen LogP contribution >= 0.6 is 0 Å². The third-order valence-electron chi connectivity index (χ3n) is 5.17. The highest BCUT2D eigenvalue weighted by molar-refractivity contribution is 4.66. The fraction of sp³-hybridized carbons (Fsp3) is 1.00. The van der Waals surface area contributed by atoms with Crippen molar-refractivity contribution in [2.45, 2.75) is 71.6 Å². The minimum absolute atomic E-state index is 1.24.